The SMILES string of the molecule is CC.CC12CCC(O)CC1CCC1C3CCC(O)C3CCC12. The van der Waals surface area contributed by atoms with Gasteiger partial charge in [-0.2, -0.15) is 0 Å². The van der Waals surface area contributed by atoms with Crippen molar-refractivity contribution in [2.75, 3.05) is 0 Å². The molecule has 4 fully saturated rings. The molecule has 8 atom stereocenters. The average molecular weight is 309 g/mol. The highest BCUT2D eigenvalue weighted by atomic mass is 16.3. The molecule has 0 radical (unpaired) electrons. The lowest BCUT2D eigenvalue weighted by molar-refractivity contribution is -0.111. The van der Waals surface area contributed by atoms with E-state index in [0.717, 1.165) is 42.9 Å². The Labute approximate surface area is 136 Å². The lowest BCUT2D eigenvalue weighted by Crippen LogP contribution is -2.52. The molecule has 0 bridgehead atoms. The van der Waals surface area contributed by atoms with Crippen LogP contribution in [0.5, 0.6) is 0 Å². The van der Waals surface area contributed by atoms with Crippen LogP contribution in [0, 0.1) is 35.0 Å². The summed E-state index contributed by atoms with van der Waals surface area (Å²) < 4.78 is 0. The molecule has 4 aliphatic carbocycles. The van der Waals surface area contributed by atoms with Crippen LogP contribution in [0.15, 0.2) is 0 Å². The van der Waals surface area contributed by atoms with Gasteiger partial charge in [-0.25, -0.2) is 0 Å². The molecule has 0 aromatic heterocycles. The fourth-order valence-corrected chi connectivity index (χ4v) is 6.86. The largest absolute Gasteiger partial charge is 0.393 e. The Hall–Kier alpha value is -0.0800. The summed E-state index contributed by atoms with van der Waals surface area (Å²) in [4.78, 5) is 0. The van der Waals surface area contributed by atoms with E-state index in [2.05, 4.69) is 6.92 Å². The molecule has 128 valence electrons. The molecule has 0 amide bonds. The first-order valence-corrected chi connectivity index (χ1v) is 9.95. The maximum Gasteiger partial charge on any atom is 0.0571 e. The number of aliphatic hydroxyl groups is 2. The number of hydrogen-bond donors (Lipinski definition) is 2. The maximum absolute atomic E-state index is 10.2. The van der Waals surface area contributed by atoms with Crippen molar-refractivity contribution in [2.24, 2.45) is 35.0 Å². The predicted octanol–water partition coefficient (Wildman–Crippen LogP) is 4.39. The molecule has 4 rings (SSSR count). The normalized spacial score (nSPS) is 53.6. The van der Waals surface area contributed by atoms with Gasteiger partial charge < -0.3 is 10.2 Å². The van der Waals surface area contributed by atoms with Crippen molar-refractivity contribution < 1.29 is 10.2 Å². The van der Waals surface area contributed by atoms with Crippen LogP contribution in [-0.2, 0) is 0 Å². The van der Waals surface area contributed by atoms with E-state index in [0.29, 0.717) is 11.3 Å². The van der Waals surface area contributed by atoms with Gasteiger partial charge in [0.25, 0.3) is 0 Å². The number of hydrogen-bond acceptors (Lipinski definition) is 2. The first kappa shape index (κ1) is 16.8. The minimum absolute atomic E-state index is 0.000317. The predicted molar refractivity (Wildman–Crippen MR) is 90.5 cm³/mol. The van der Waals surface area contributed by atoms with E-state index in [-0.39, 0.29) is 12.2 Å². The zero-order chi connectivity index (χ0) is 15.9. The van der Waals surface area contributed by atoms with Crippen LogP contribution in [0.3, 0.4) is 0 Å². The molecule has 2 heteroatoms. The van der Waals surface area contributed by atoms with Crippen molar-refractivity contribution in [3.05, 3.63) is 0 Å². The third-order valence-corrected chi connectivity index (χ3v) is 7.92. The van der Waals surface area contributed by atoms with Crippen LogP contribution in [0.25, 0.3) is 0 Å². The van der Waals surface area contributed by atoms with Crippen molar-refractivity contribution in [3.8, 4) is 0 Å². The van der Waals surface area contributed by atoms with E-state index in [9.17, 15) is 10.2 Å². The summed E-state index contributed by atoms with van der Waals surface area (Å²) in [6.07, 6.45) is 10.9. The van der Waals surface area contributed by atoms with E-state index in [1.165, 1.54) is 38.5 Å². The lowest BCUT2D eigenvalue weighted by atomic mass is 9.47. The van der Waals surface area contributed by atoms with Crippen molar-refractivity contribution >= 4 is 0 Å². The zero-order valence-corrected chi connectivity index (χ0v) is 14.8. The molecule has 2 N–H and O–H groups in total. The summed E-state index contributed by atoms with van der Waals surface area (Å²) in [5.74, 6) is 3.94. The number of fused-ring (bicyclic) bond motifs is 5. The summed E-state index contributed by atoms with van der Waals surface area (Å²) in [5.41, 5.74) is 0.487. The Balaban J connectivity index is 0.000000693. The van der Waals surface area contributed by atoms with Crippen LogP contribution < -0.4 is 0 Å². The average Bonchev–Trinajstić information content (AvgIpc) is 2.92. The molecule has 4 aliphatic rings. The van der Waals surface area contributed by atoms with Crippen molar-refractivity contribution in [3.63, 3.8) is 0 Å². The monoisotopic (exact) mass is 308 g/mol. The van der Waals surface area contributed by atoms with E-state index < -0.39 is 0 Å². The van der Waals surface area contributed by atoms with Crippen LogP contribution in [-0.4, -0.2) is 22.4 Å². The second kappa shape index (κ2) is 6.43. The summed E-state index contributed by atoms with van der Waals surface area (Å²) in [6, 6.07) is 0. The Morgan fingerprint density at radius 2 is 1.45 bits per heavy atom. The van der Waals surface area contributed by atoms with Crippen LogP contribution in [0.4, 0.5) is 0 Å². The fraction of sp³-hybridized carbons (Fsp3) is 1.00. The molecule has 4 saturated carbocycles. The molecule has 0 aromatic rings. The summed E-state index contributed by atoms with van der Waals surface area (Å²) in [5, 5.41) is 20.2. The smallest absolute Gasteiger partial charge is 0.0571 e. The van der Waals surface area contributed by atoms with Gasteiger partial charge in [0.15, 0.2) is 0 Å². The van der Waals surface area contributed by atoms with Gasteiger partial charge in [0.2, 0.25) is 0 Å². The molecule has 2 nitrogen and oxygen atoms in total. The topological polar surface area (TPSA) is 40.5 Å². The van der Waals surface area contributed by atoms with Crippen molar-refractivity contribution in [1.82, 2.24) is 0 Å². The highest BCUT2D eigenvalue weighted by Gasteiger charge is 2.56. The lowest BCUT2D eigenvalue weighted by Gasteiger charge is -2.58. The van der Waals surface area contributed by atoms with Crippen LogP contribution >= 0.6 is 0 Å². The van der Waals surface area contributed by atoms with Crippen molar-refractivity contribution in [1.29, 1.82) is 0 Å². The zero-order valence-electron chi connectivity index (χ0n) is 14.8. The Morgan fingerprint density at radius 1 is 0.773 bits per heavy atom. The third kappa shape index (κ3) is 2.55. The Bertz CT molecular complexity index is 382. The first-order valence-electron chi connectivity index (χ1n) is 9.95. The molecule has 0 spiro atoms. The second-order valence-electron chi connectivity index (χ2n) is 8.53. The number of rotatable bonds is 0. The highest BCUT2D eigenvalue weighted by molar-refractivity contribution is 5.05. The standard InChI is InChI=1S/C18H30O2.C2H6/c1-18-9-8-12(19)10-11(18)2-3-14-13-5-7-17(20)15(13)4-6-16(14)18;1-2/h11-17,19-20H,2-10H2,1H3;1-2H3. The van der Waals surface area contributed by atoms with Gasteiger partial charge in [0, 0.05) is 0 Å². The van der Waals surface area contributed by atoms with E-state index in [4.69, 9.17) is 0 Å². The quantitative estimate of drug-likeness (QED) is 0.697. The highest BCUT2D eigenvalue weighted by Crippen LogP contribution is 2.62. The summed E-state index contributed by atoms with van der Waals surface area (Å²) >= 11 is 0. The fourth-order valence-electron chi connectivity index (χ4n) is 6.86. The Morgan fingerprint density at radius 3 is 2.23 bits per heavy atom. The summed E-state index contributed by atoms with van der Waals surface area (Å²) in [7, 11) is 0. The molecule has 0 aromatic carbocycles. The molecule has 22 heavy (non-hydrogen) atoms. The van der Waals surface area contributed by atoms with E-state index in [1.54, 1.807) is 0 Å². The molecule has 0 aliphatic heterocycles. The van der Waals surface area contributed by atoms with Gasteiger partial charge in [0.1, 0.15) is 0 Å². The maximum atomic E-state index is 10.2. The van der Waals surface area contributed by atoms with Gasteiger partial charge in [-0.05, 0) is 92.8 Å². The van der Waals surface area contributed by atoms with Gasteiger partial charge in [-0.1, -0.05) is 20.8 Å². The molecule has 8 unspecified atom stereocenters. The van der Waals surface area contributed by atoms with Crippen LogP contribution in [0.1, 0.15) is 78.6 Å². The minimum Gasteiger partial charge on any atom is -0.393 e. The van der Waals surface area contributed by atoms with Gasteiger partial charge >= 0.3 is 0 Å². The minimum atomic E-state index is -0.0331. The third-order valence-electron chi connectivity index (χ3n) is 7.92. The van der Waals surface area contributed by atoms with E-state index in [1.807, 2.05) is 13.8 Å². The first-order chi connectivity index (χ1) is 10.6. The second-order valence-corrected chi connectivity index (χ2v) is 8.53. The van der Waals surface area contributed by atoms with E-state index >= 15 is 0 Å². The number of aliphatic hydroxyl groups excluding tert-OH is 2. The Kier molecular flexibility index (Phi) is 4.90. The molecular weight excluding hydrogens is 272 g/mol. The van der Waals surface area contributed by atoms with Gasteiger partial charge in [-0.3, -0.25) is 0 Å². The molecule has 0 saturated heterocycles. The molecule has 0 heterocycles. The van der Waals surface area contributed by atoms with Gasteiger partial charge in [0.05, 0.1) is 12.2 Å². The van der Waals surface area contributed by atoms with Crippen molar-refractivity contribution in [2.45, 2.75) is 90.8 Å². The van der Waals surface area contributed by atoms with Crippen LogP contribution in [0.2, 0.25) is 0 Å². The summed E-state index contributed by atoms with van der Waals surface area (Å²) in [6.45, 7) is 6.53. The molecular formula is C20H36O2. The van der Waals surface area contributed by atoms with Gasteiger partial charge in [-0.15, -0.1) is 0 Å².